The molecule has 0 aromatic heterocycles. The summed E-state index contributed by atoms with van der Waals surface area (Å²) in [5.74, 6) is -2.77. The second-order valence-corrected chi connectivity index (χ2v) is 4.56. The Morgan fingerprint density at radius 3 is 2.18 bits per heavy atom. The molecule has 0 spiro atoms. The molecule has 1 rings (SSSR count). The van der Waals surface area contributed by atoms with E-state index in [0.717, 1.165) is 0 Å². The van der Waals surface area contributed by atoms with Gasteiger partial charge in [0.05, 0.1) is 13.2 Å². The van der Waals surface area contributed by atoms with Crippen molar-refractivity contribution in [2.75, 3.05) is 13.2 Å². The van der Waals surface area contributed by atoms with Gasteiger partial charge in [0.15, 0.2) is 5.78 Å². The normalized spacial score (nSPS) is 11.4. The third kappa shape index (κ3) is 4.84. The lowest BCUT2D eigenvalue weighted by molar-refractivity contribution is -0.146. The molecule has 1 unspecified atom stereocenters. The van der Waals surface area contributed by atoms with Crippen LogP contribution in [0.2, 0.25) is 0 Å². The van der Waals surface area contributed by atoms with E-state index >= 15 is 0 Å². The number of carbonyl (C=O) groups excluding carboxylic acids is 3. The van der Waals surface area contributed by atoms with Gasteiger partial charge in [-0.25, -0.2) is 4.79 Å². The third-order valence-electron chi connectivity index (χ3n) is 2.96. The summed E-state index contributed by atoms with van der Waals surface area (Å²) in [5, 5.41) is 0. The molecule has 22 heavy (non-hydrogen) atoms. The number of carbonyl (C=O) groups is 3. The lowest BCUT2D eigenvalue weighted by atomic mass is 9.91. The van der Waals surface area contributed by atoms with Gasteiger partial charge in [-0.3, -0.25) is 9.59 Å². The number of ether oxygens (including phenoxy) is 2. The van der Waals surface area contributed by atoms with Crippen molar-refractivity contribution in [2.45, 2.75) is 20.3 Å². The Hall–Kier alpha value is -2.43. The van der Waals surface area contributed by atoms with E-state index in [9.17, 15) is 14.4 Å². The molecular weight excluding hydrogens is 284 g/mol. The molecule has 0 saturated heterocycles. The zero-order chi connectivity index (χ0) is 16.5. The highest BCUT2D eigenvalue weighted by atomic mass is 16.5. The van der Waals surface area contributed by atoms with Crippen LogP contribution in [0.4, 0.5) is 0 Å². The van der Waals surface area contributed by atoms with Gasteiger partial charge in [-0.2, -0.15) is 0 Å². The van der Waals surface area contributed by atoms with Crippen molar-refractivity contribution in [1.82, 2.24) is 0 Å². The fraction of sp³-hybridized carbons (Fsp3) is 0.353. The standard InChI is InChI=1S/C17H20O5/c1-4-21-16(19)12(3)11-14(17(20)22-5-2)15(18)13-9-7-6-8-10-13/h6-10,14H,3-5,11H2,1-2H3. The van der Waals surface area contributed by atoms with E-state index in [-0.39, 0.29) is 25.2 Å². The molecule has 0 saturated carbocycles. The van der Waals surface area contributed by atoms with Gasteiger partial charge in [-0.1, -0.05) is 36.9 Å². The predicted molar refractivity (Wildman–Crippen MR) is 81.3 cm³/mol. The van der Waals surface area contributed by atoms with E-state index < -0.39 is 23.6 Å². The van der Waals surface area contributed by atoms with E-state index in [0.29, 0.717) is 5.56 Å². The van der Waals surface area contributed by atoms with Crippen molar-refractivity contribution in [3.05, 3.63) is 48.0 Å². The minimum atomic E-state index is -1.10. The second-order valence-electron chi connectivity index (χ2n) is 4.56. The topological polar surface area (TPSA) is 69.7 Å². The van der Waals surface area contributed by atoms with E-state index in [2.05, 4.69) is 6.58 Å². The number of esters is 2. The highest BCUT2D eigenvalue weighted by Gasteiger charge is 2.31. The van der Waals surface area contributed by atoms with Crippen molar-refractivity contribution in [1.29, 1.82) is 0 Å². The monoisotopic (exact) mass is 304 g/mol. The van der Waals surface area contributed by atoms with Gasteiger partial charge in [-0.15, -0.1) is 0 Å². The van der Waals surface area contributed by atoms with E-state index in [1.54, 1.807) is 44.2 Å². The summed E-state index contributed by atoms with van der Waals surface area (Å²) in [7, 11) is 0. The Morgan fingerprint density at radius 2 is 1.64 bits per heavy atom. The smallest absolute Gasteiger partial charge is 0.333 e. The molecule has 118 valence electrons. The first-order valence-corrected chi connectivity index (χ1v) is 7.12. The fourth-order valence-corrected chi connectivity index (χ4v) is 1.89. The molecule has 0 aliphatic carbocycles. The second kappa shape index (κ2) is 8.77. The number of Topliss-reactive ketones (excluding diaryl/α,β-unsaturated/α-hetero) is 1. The maximum atomic E-state index is 12.5. The number of hydrogen-bond acceptors (Lipinski definition) is 5. The molecule has 0 aliphatic rings. The van der Waals surface area contributed by atoms with Crippen LogP contribution in [0.3, 0.4) is 0 Å². The van der Waals surface area contributed by atoms with Gasteiger partial charge in [0.2, 0.25) is 0 Å². The Balaban J connectivity index is 2.94. The highest BCUT2D eigenvalue weighted by Crippen LogP contribution is 2.19. The molecule has 0 amide bonds. The van der Waals surface area contributed by atoms with Gasteiger partial charge >= 0.3 is 11.9 Å². The van der Waals surface area contributed by atoms with Crippen LogP contribution in [0.25, 0.3) is 0 Å². The van der Waals surface area contributed by atoms with Crippen LogP contribution in [0.15, 0.2) is 42.5 Å². The molecule has 1 aromatic rings. The minimum absolute atomic E-state index is 0.0733. The van der Waals surface area contributed by atoms with Gasteiger partial charge < -0.3 is 9.47 Å². The summed E-state index contributed by atoms with van der Waals surface area (Å²) in [6, 6.07) is 8.41. The van der Waals surface area contributed by atoms with Gasteiger partial charge in [-0.05, 0) is 20.3 Å². The largest absolute Gasteiger partial charge is 0.465 e. The lowest BCUT2D eigenvalue weighted by Crippen LogP contribution is -2.28. The number of rotatable bonds is 8. The van der Waals surface area contributed by atoms with Crippen LogP contribution in [0.5, 0.6) is 0 Å². The van der Waals surface area contributed by atoms with E-state index in [1.165, 1.54) is 0 Å². The molecule has 0 aliphatic heterocycles. The van der Waals surface area contributed by atoms with E-state index in [4.69, 9.17) is 9.47 Å². The van der Waals surface area contributed by atoms with Gasteiger partial charge in [0, 0.05) is 11.1 Å². The average Bonchev–Trinajstić information content (AvgIpc) is 2.53. The molecule has 5 nitrogen and oxygen atoms in total. The van der Waals surface area contributed by atoms with Crippen LogP contribution < -0.4 is 0 Å². The number of ketones is 1. The molecule has 1 aromatic carbocycles. The van der Waals surface area contributed by atoms with Gasteiger partial charge in [0.25, 0.3) is 0 Å². The summed E-state index contributed by atoms with van der Waals surface area (Å²) in [6.45, 7) is 7.28. The van der Waals surface area contributed by atoms with E-state index in [1.807, 2.05) is 0 Å². The summed E-state index contributed by atoms with van der Waals surface area (Å²) in [6.07, 6.45) is -0.120. The Bertz CT molecular complexity index is 547. The first-order chi connectivity index (χ1) is 10.5. The van der Waals surface area contributed by atoms with Crippen molar-refractivity contribution in [3.63, 3.8) is 0 Å². The maximum Gasteiger partial charge on any atom is 0.333 e. The molecular formula is C17H20O5. The zero-order valence-electron chi connectivity index (χ0n) is 12.8. The van der Waals surface area contributed by atoms with Crippen molar-refractivity contribution in [2.24, 2.45) is 5.92 Å². The first-order valence-electron chi connectivity index (χ1n) is 7.12. The number of benzene rings is 1. The average molecular weight is 304 g/mol. The molecule has 1 atom stereocenters. The SMILES string of the molecule is C=C(CC(C(=O)OCC)C(=O)c1ccccc1)C(=O)OCC. The summed E-state index contributed by atoms with van der Waals surface area (Å²) in [4.78, 5) is 36.2. The fourth-order valence-electron chi connectivity index (χ4n) is 1.89. The first kappa shape index (κ1) is 17.6. The Kier molecular flexibility index (Phi) is 7.02. The Morgan fingerprint density at radius 1 is 1.05 bits per heavy atom. The van der Waals surface area contributed by atoms with Crippen LogP contribution in [0, 0.1) is 5.92 Å². The molecule has 0 N–H and O–H groups in total. The quantitative estimate of drug-likeness (QED) is 0.319. The minimum Gasteiger partial charge on any atom is -0.465 e. The Labute approximate surface area is 129 Å². The molecule has 0 heterocycles. The lowest BCUT2D eigenvalue weighted by Gasteiger charge is -2.15. The summed E-state index contributed by atoms with van der Waals surface area (Å²) >= 11 is 0. The molecule has 5 heteroatoms. The summed E-state index contributed by atoms with van der Waals surface area (Å²) < 4.78 is 9.76. The van der Waals surface area contributed by atoms with Crippen LogP contribution in [-0.2, 0) is 19.1 Å². The molecule has 0 radical (unpaired) electrons. The predicted octanol–water partition coefficient (Wildman–Crippen LogP) is 2.56. The summed E-state index contributed by atoms with van der Waals surface area (Å²) in [5.41, 5.74) is 0.460. The highest BCUT2D eigenvalue weighted by molar-refractivity contribution is 6.09. The third-order valence-corrected chi connectivity index (χ3v) is 2.96. The maximum absolute atomic E-state index is 12.5. The molecule has 0 bridgehead atoms. The van der Waals surface area contributed by atoms with Crippen molar-refractivity contribution in [3.8, 4) is 0 Å². The van der Waals surface area contributed by atoms with Gasteiger partial charge in [0.1, 0.15) is 5.92 Å². The zero-order valence-corrected chi connectivity index (χ0v) is 12.8. The van der Waals surface area contributed by atoms with Crippen molar-refractivity contribution < 1.29 is 23.9 Å². The van der Waals surface area contributed by atoms with Crippen LogP contribution in [0.1, 0.15) is 30.6 Å². The number of hydrogen-bond donors (Lipinski definition) is 0. The van der Waals surface area contributed by atoms with Crippen LogP contribution in [-0.4, -0.2) is 30.9 Å². The molecule has 0 fully saturated rings. The van der Waals surface area contributed by atoms with Crippen LogP contribution >= 0.6 is 0 Å². The van der Waals surface area contributed by atoms with Crippen molar-refractivity contribution >= 4 is 17.7 Å².